The lowest BCUT2D eigenvalue weighted by Crippen LogP contribution is -2.41. The molecule has 144 valence electrons. The summed E-state index contributed by atoms with van der Waals surface area (Å²) in [6.45, 7) is 5.26. The van der Waals surface area contributed by atoms with Crippen molar-refractivity contribution in [3.8, 4) is 11.4 Å². The Morgan fingerprint density at radius 2 is 2.00 bits per heavy atom. The van der Waals surface area contributed by atoms with Gasteiger partial charge in [-0.3, -0.25) is 4.79 Å². The number of imidazole rings is 1. The number of hydrogen-bond acceptors (Lipinski definition) is 3. The number of carbonyl (C=O) groups is 1. The van der Waals surface area contributed by atoms with Crippen molar-refractivity contribution in [2.75, 3.05) is 19.6 Å². The third kappa shape index (κ3) is 4.24. The minimum Gasteiger partial charge on any atom is -0.350 e. The second-order valence-electron chi connectivity index (χ2n) is 8.10. The number of rotatable bonds is 6. The van der Waals surface area contributed by atoms with Gasteiger partial charge in [0.05, 0.1) is 0 Å². The highest BCUT2D eigenvalue weighted by atomic mass is 16.2. The van der Waals surface area contributed by atoms with Gasteiger partial charge < -0.3 is 14.8 Å². The van der Waals surface area contributed by atoms with Crippen LogP contribution in [0.15, 0.2) is 42.7 Å². The average molecular weight is 367 g/mol. The van der Waals surface area contributed by atoms with Crippen LogP contribution >= 0.6 is 0 Å². The van der Waals surface area contributed by atoms with E-state index in [0.717, 1.165) is 36.8 Å². The zero-order valence-corrected chi connectivity index (χ0v) is 16.2. The van der Waals surface area contributed by atoms with Gasteiger partial charge in [0, 0.05) is 43.6 Å². The lowest BCUT2D eigenvalue weighted by Gasteiger charge is -2.22. The Balaban J connectivity index is 1.34. The third-order valence-corrected chi connectivity index (χ3v) is 6.11. The molecule has 5 nitrogen and oxygen atoms in total. The van der Waals surface area contributed by atoms with Crippen LogP contribution in [0.3, 0.4) is 0 Å². The highest BCUT2D eigenvalue weighted by molar-refractivity contribution is 5.81. The molecule has 1 aliphatic heterocycles. The molecule has 2 heterocycles. The van der Waals surface area contributed by atoms with Crippen LogP contribution in [0.5, 0.6) is 0 Å². The standard InChI is InChI=1S/C22H30N4O/c1-17(26-14-12-23-21(26)19-9-3-2-4-10-19)22(27)24-20-11-13-25(16-20)15-18-7-5-6-8-18/h2-4,9-10,12,14,17-18,20H,5-8,11,13,15-16H2,1H3,(H,24,27). The number of carbonyl (C=O) groups excluding carboxylic acids is 1. The first-order valence-corrected chi connectivity index (χ1v) is 10.3. The monoisotopic (exact) mass is 366 g/mol. The van der Waals surface area contributed by atoms with Crippen molar-refractivity contribution < 1.29 is 4.79 Å². The molecule has 0 spiro atoms. The zero-order chi connectivity index (χ0) is 18.6. The molecule has 0 radical (unpaired) electrons. The molecule has 2 aromatic rings. The van der Waals surface area contributed by atoms with E-state index in [0.29, 0.717) is 0 Å². The lowest BCUT2D eigenvalue weighted by molar-refractivity contribution is -0.124. The van der Waals surface area contributed by atoms with Crippen molar-refractivity contribution in [1.29, 1.82) is 0 Å². The second kappa shape index (κ2) is 8.26. The topological polar surface area (TPSA) is 50.2 Å². The Labute approximate surface area is 161 Å². The molecule has 1 saturated heterocycles. The summed E-state index contributed by atoms with van der Waals surface area (Å²) < 4.78 is 1.97. The highest BCUT2D eigenvalue weighted by Crippen LogP contribution is 2.27. The van der Waals surface area contributed by atoms with Crippen LogP contribution in [0.4, 0.5) is 0 Å². The molecule has 2 aliphatic rings. The minimum atomic E-state index is -0.272. The van der Waals surface area contributed by atoms with Gasteiger partial charge in [-0.15, -0.1) is 0 Å². The van der Waals surface area contributed by atoms with Crippen LogP contribution < -0.4 is 5.32 Å². The fourth-order valence-corrected chi connectivity index (χ4v) is 4.56. The number of likely N-dealkylation sites (tertiary alicyclic amines) is 1. The molecule has 1 N–H and O–H groups in total. The summed E-state index contributed by atoms with van der Waals surface area (Å²) >= 11 is 0. The number of benzene rings is 1. The summed E-state index contributed by atoms with van der Waals surface area (Å²) in [6.07, 6.45) is 10.3. The van der Waals surface area contributed by atoms with Crippen molar-refractivity contribution in [2.45, 2.75) is 51.1 Å². The molecule has 1 amide bonds. The van der Waals surface area contributed by atoms with Crippen LogP contribution in [0.25, 0.3) is 11.4 Å². The first-order chi connectivity index (χ1) is 13.2. The smallest absolute Gasteiger partial charge is 0.243 e. The molecular weight excluding hydrogens is 336 g/mol. The third-order valence-electron chi connectivity index (χ3n) is 6.11. The van der Waals surface area contributed by atoms with E-state index in [-0.39, 0.29) is 18.0 Å². The highest BCUT2D eigenvalue weighted by Gasteiger charge is 2.28. The summed E-state index contributed by atoms with van der Waals surface area (Å²) in [5.41, 5.74) is 1.03. The molecule has 27 heavy (non-hydrogen) atoms. The van der Waals surface area contributed by atoms with E-state index in [9.17, 15) is 4.79 Å². The summed E-state index contributed by atoms with van der Waals surface area (Å²) in [5.74, 6) is 1.79. The first-order valence-electron chi connectivity index (χ1n) is 10.3. The molecular formula is C22H30N4O. The van der Waals surface area contributed by atoms with Gasteiger partial charge in [-0.2, -0.15) is 0 Å². The molecule has 1 saturated carbocycles. The fraction of sp³-hybridized carbons (Fsp3) is 0.545. The molecule has 1 aromatic heterocycles. The number of aromatic nitrogens is 2. The predicted octanol–water partition coefficient (Wildman–Crippen LogP) is 3.49. The Bertz CT molecular complexity index is 751. The van der Waals surface area contributed by atoms with Crippen molar-refractivity contribution in [1.82, 2.24) is 19.8 Å². The van der Waals surface area contributed by atoms with Gasteiger partial charge >= 0.3 is 0 Å². The number of amides is 1. The summed E-state index contributed by atoms with van der Waals surface area (Å²) in [6, 6.07) is 10.0. The van der Waals surface area contributed by atoms with Crippen molar-refractivity contribution in [3.05, 3.63) is 42.7 Å². The van der Waals surface area contributed by atoms with E-state index < -0.39 is 0 Å². The van der Waals surface area contributed by atoms with Crippen molar-refractivity contribution >= 4 is 5.91 Å². The van der Waals surface area contributed by atoms with Gasteiger partial charge in [0.15, 0.2) is 0 Å². The largest absolute Gasteiger partial charge is 0.350 e. The van der Waals surface area contributed by atoms with Crippen LogP contribution in [0.1, 0.15) is 45.1 Å². The maximum atomic E-state index is 12.9. The minimum absolute atomic E-state index is 0.0814. The maximum absolute atomic E-state index is 12.9. The van der Waals surface area contributed by atoms with E-state index in [4.69, 9.17) is 0 Å². The molecule has 2 atom stereocenters. The summed E-state index contributed by atoms with van der Waals surface area (Å²) in [5, 5.41) is 3.27. The molecule has 2 fully saturated rings. The van der Waals surface area contributed by atoms with E-state index in [1.165, 1.54) is 32.2 Å². The summed E-state index contributed by atoms with van der Waals surface area (Å²) in [4.78, 5) is 19.9. The molecule has 1 aliphatic carbocycles. The van der Waals surface area contributed by atoms with Gasteiger partial charge in [0.1, 0.15) is 11.9 Å². The molecule has 5 heteroatoms. The number of nitrogens with zero attached hydrogens (tertiary/aromatic N) is 3. The SMILES string of the molecule is CC(C(=O)NC1CCN(CC2CCCC2)C1)n1ccnc1-c1ccccc1. The Kier molecular flexibility index (Phi) is 5.58. The van der Waals surface area contributed by atoms with Gasteiger partial charge in [-0.1, -0.05) is 43.2 Å². The molecule has 1 aromatic carbocycles. The van der Waals surface area contributed by atoms with Crippen LogP contribution in [-0.2, 0) is 4.79 Å². The number of nitrogens with one attached hydrogen (secondary N) is 1. The Hall–Kier alpha value is -2.14. The van der Waals surface area contributed by atoms with Crippen molar-refractivity contribution in [2.24, 2.45) is 5.92 Å². The van der Waals surface area contributed by atoms with E-state index in [1.807, 2.05) is 48.0 Å². The summed E-state index contributed by atoms with van der Waals surface area (Å²) in [7, 11) is 0. The van der Waals surface area contributed by atoms with E-state index in [1.54, 1.807) is 6.20 Å². The van der Waals surface area contributed by atoms with Crippen LogP contribution in [-0.4, -0.2) is 46.0 Å². The average Bonchev–Trinajstić information content (AvgIpc) is 3.44. The van der Waals surface area contributed by atoms with Crippen molar-refractivity contribution in [3.63, 3.8) is 0 Å². The molecule has 2 unspecified atom stereocenters. The molecule has 0 bridgehead atoms. The van der Waals surface area contributed by atoms with E-state index in [2.05, 4.69) is 15.2 Å². The Morgan fingerprint density at radius 1 is 1.22 bits per heavy atom. The fourth-order valence-electron chi connectivity index (χ4n) is 4.56. The van der Waals surface area contributed by atoms with Crippen LogP contribution in [0, 0.1) is 5.92 Å². The van der Waals surface area contributed by atoms with Gasteiger partial charge in [0.2, 0.25) is 5.91 Å². The predicted molar refractivity (Wildman–Crippen MR) is 107 cm³/mol. The maximum Gasteiger partial charge on any atom is 0.243 e. The van der Waals surface area contributed by atoms with Gasteiger partial charge in [0.25, 0.3) is 0 Å². The molecule has 4 rings (SSSR count). The quantitative estimate of drug-likeness (QED) is 0.851. The van der Waals surface area contributed by atoms with Gasteiger partial charge in [-0.05, 0) is 32.1 Å². The van der Waals surface area contributed by atoms with Gasteiger partial charge in [-0.25, -0.2) is 4.98 Å². The second-order valence-corrected chi connectivity index (χ2v) is 8.10. The van der Waals surface area contributed by atoms with E-state index >= 15 is 0 Å². The van der Waals surface area contributed by atoms with Crippen LogP contribution in [0.2, 0.25) is 0 Å². The lowest BCUT2D eigenvalue weighted by atomic mass is 10.1. The zero-order valence-electron chi connectivity index (χ0n) is 16.2. The number of hydrogen-bond donors (Lipinski definition) is 1. The Morgan fingerprint density at radius 3 is 2.78 bits per heavy atom. The normalized spacial score (nSPS) is 22.2. The first kappa shape index (κ1) is 18.2.